The molecule has 1 aliphatic heterocycles. The van der Waals surface area contributed by atoms with Crippen molar-refractivity contribution < 1.29 is 22.4 Å². The molecule has 1 aliphatic rings. The van der Waals surface area contributed by atoms with Gasteiger partial charge in [-0.3, -0.25) is 9.69 Å². The standard InChI is InChI=1S/C22H24ClN3O5S/c23-17-2-7-20-16(14-17)15-21(31-20)22(27)25-18-3-5-19(6-4-18)32(28,29)24-8-1-9-26-10-12-30-13-11-26/h2-7,14-15,24H,1,8-13H2,(H,25,27). The van der Waals surface area contributed by atoms with E-state index in [2.05, 4.69) is 14.9 Å². The molecule has 4 rings (SSSR count). The number of nitrogens with zero attached hydrogens (tertiary/aromatic N) is 1. The Morgan fingerprint density at radius 3 is 2.56 bits per heavy atom. The smallest absolute Gasteiger partial charge is 0.291 e. The average molecular weight is 478 g/mol. The second-order valence-corrected chi connectivity index (χ2v) is 9.68. The Bertz CT molecular complexity index is 1190. The molecule has 2 aromatic carbocycles. The zero-order chi connectivity index (χ0) is 22.6. The van der Waals surface area contributed by atoms with Crippen molar-refractivity contribution in [1.29, 1.82) is 0 Å². The third kappa shape index (κ3) is 5.67. The number of nitrogens with one attached hydrogen (secondary N) is 2. The minimum absolute atomic E-state index is 0.139. The van der Waals surface area contributed by atoms with Gasteiger partial charge in [-0.1, -0.05) is 11.6 Å². The molecule has 0 radical (unpaired) electrons. The molecule has 0 spiro atoms. The zero-order valence-electron chi connectivity index (χ0n) is 17.3. The Morgan fingerprint density at radius 1 is 1.06 bits per heavy atom. The molecule has 1 saturated heterocycles. The molecule has 0 unspecified atom stereocenters. The van der Waals surface area contributed by atoms with Gasteiger partial charge in [0.2, 0.25) is 10.0 Å². The van der Waals surface area contributed by atoms with Crippen molar-refractivity contribution in [3.8, 4) is 0 Å². The lowest BCUT2D eigenvalue weighted by Crippen LogP contribution is -2.38. The van der Waals surface area contributed by atoms with Gasteiger partial charge in [0.25, 0.3) is 5.91 Å². The van der Waals surface area contributed by atoms with E-state index in [9.17, 15) is 13.2 Å². The van der Waals surface area contributed by atoms with Crippen LogP contribution in [0.5, 0.6) is 0 Å². The largest absolute Gasteiger partial charge is 0.451 e. The summed E-state index contributed by atoms with van der Waals surface area (Å²) in [6.45, 7) is 4.38. The van der Waals surface area contributed by atoms with Gasteiger partial charge in [-0.25, -0.2) is 13.1 Å². The van der Waals surface area contributed by atoms with Crippen LogP contribution in [0.3, 0.4) is 0 Å². The first-order valence-electron chi connectivity index (χ1n) is 10.3. The van der Waals surface area contributed by atoms with Crippen molar-refractivity contribution in [2.24, 2.45) is 0 Å². The topological polar surface area (TPSA) is 101 Å². The van der Waals surface area contributed by atoms with Crippen LogP contribution in [0.25, 0.3) is 11.0 Å². The van der Waals surface area contributed by atoms with Crippen molar-refractivity contribution in [1.82, 2.24) is 9.62 Å². The third-order valence-corrected chi connectivity index (χ3v) is 6.88. The second-order valence-electron chi connectivity index (χ2n) is 7.48. The minimum Gasteiger partial charge on any atom is -0.451 e. The van der Waals surface area contributed by atoms with Crippen molar-refractivity contribution >= 4 is 44.2 Å². The first kappa shape index (κ1) is 22.8. The highest BCUT2D eigenvalue weighted by atomic mass is 35.5. The van der Waals surface area contributed by atoms with E-state index in [0.29, 0.717) is 22.8 Å². The van der Waals surface area contributed by atoms with Crippen LogP contribution in [-0.2, 0) is 14.8 Å². The summed E-state index contributed by atoms with van der Waals surface area (Å²) < 4.78 is 38.5. The summed E-state index contributed by atoms with van der Waals surface area (Å²) in [6.07, 6.45) is 0.718. The number of benzene rings is 2. The Hall–Kier alpha value is -2.43. The maximum absolute atomic E-state index is 12.5. The summed E-state index contributed by atoms with van der Waals surface area (Å²) in [6, 6.07) is 12.7. The van der Waals surface area contributed by atoms with Crippen LogP contribution in [0.1, 0.15) is 17.0 Å². The van der Waals surface area contributed by atoms with Crippen molar-refractivity contribution in [3.63, 3.8) is 0 Å². The van der Waals surface area contributed by atoms with Crippen LogP contribution in [-0.4, -0.2) is 58.6 Å². The van der Waals surface area contributed by atoms with E-state index in [-0.39, 0.29) is 10.7 Å². The predicted molar refractivity (Wildman–Crippen MR) is 123 cm³/mol. The number of rotatable bonds is 8. The van der Waals surface area contributed by atoms with Gasteiger partial charge in [0.15, 0.2) is 5.76 Å². The molecular weight excluding hydrogens is 454 g/mol. The number of fused-ring (bicyclic) bond motifs is 1. The summed E-state index contributed by atoms with van der Waals surface area (Å²) in [5.41, 5.74) is 1.01. The second kappa shape index (κ2) is 10.0. The summed E-state index contributed by atoms with van der Waals surface area (Å²) in [5, 5.41) is 3.98. The predicted octanol–water partition coefficient (Wildman–Crippen LogP) is 3.34. The fraction of sp³-hybridized carbons (Fsp3) is 0.318. The van der Waals surface area contributed by atoms with Crippen molar-refractivity contribution in [2.75, 3.05) is 44.7 Å². The Kier molecular flexibility index (Phi) is 7.12. The van der Waals surface area contributed by atoms with Crippen molar-refractivity contribution in [2.45, 2.75) is 11.3 Å². The van der Waals surface area contributed by atoms with E-state index in [1.54, 1.807) is 36.4 Å². The molecule has 2 heterocycles. The van der Waals surface area contributed by atoms with Crippen LogP contribution in [0.2, 0.25) is 5.02 Å². The van der Waals surface area contributed by atoms with Gasteiger partial charge in [0, 0.05) is 35.7 Å². The number of sulfonamides is 1. The quantitative estimate of drug-likeness (QED) is 0.482. The first-order valence-corrected chi connectivity index (χ1v) is 12.2. The van der Waals surface area contributed by atoms with Crippen LogP contribution in [0.4, 0.5) is 5.69 Å². The van der Waals surface area contributed by atoms with Crippen molar-refractivity contribution in [3.05, 3.63) is 59.3 Å². The van der Waals surface area contributed by atoms with Gasteiger partial charge in [0.1, 0.15) is 5.58 Å². The number of carbonyl (C=O) groups excluding carboxylic acids is 1. The number of hydrogen-bond acceptors (Lipinski definition) is 6. The van der Waals surface area contributed by atoms with Gasteiger partial charge in [-0.05, 0) is 61.5 Å². The number of hydrogen-bond donors (Lipinski definition) is 2. The SMILES string of the molecule is O=C(Nc1ccc(S(=O)(=O)NCCCN2CCOCC2)cc1)c1cc2cc(Cl)ccc2o1. The van der Waals surface area contributed by atoms with Crippen LogP contribution in [0, 0.1) is 0 Å². The Balaban J connectivity index is 1.31. The molecular formula is C22H24ClN3O5S. The number of amides is 1. The van der Waals surface area contributed by atoms with E-state index < -0.39 is 15.9 Å². The highest BCUT2D eigenvalue weighted by Crippen LogP contribution is 2.24. The number of halogens is 1. The first-order chi connectivity index (χ1) is 15.4. The third-order valence-electron chi connectivity index (χ3n) is 5.17. The highest BCUT2D eigenvalue weighted by Gasteiger charge is 2.16. The fourth-order valence-electron chi connectivity index (χ4n) is 3.45. The van der Waals surface area contributed by atoms with Gasteiger partial charge in [0.05, 0.1) is 18.1 Å². The van der Waals surface area contributed by atoms with Gasteiger partial charge in [-0.15, -0.1) is 0 Å². The summed E-state index contributed by atoms with van der Waals surface area (Å²) in [5.74, 6) is -0.296. The molecule has 0 atom stereocenters. The average Bonchev–Trinajstić information content (AvgIpc) is 3.21. The van der Waals surface area contributed by atoms with E-state index in [1.807, 2.05) is 0 Å². The molecule has 1 aromatic heterocycles. The van der Waals surface area contributed by atoms with Crippen LogP contribution in [0.15, 0.2) is 57.8 Å². The molecule has 3 aromatic rings. The zero-order valence-corrected chi connectivity index (χ0v) is 18.9. The molecule has 2 N–H and O–H groups in total. The van der Waals surface area contributed by atoms with Crippen LogP contribution >= 0.6 is 11.6 Å². The molecule has 0 saturated carbocycles. The minimum atomic E-state index is -3.62. The lowest BCUT2D eigenvalue weighted by molar-refractivity contribution is 0.0376. The number of carbonyl (C=O) groups is 1. The van der Waals surface area contributed by atoms with Gasteiger partial charge in [-0.2, -0.15) is 0 Å². The fourth-order valence-corrected chi connectivity index (χ4v) is 4.71. The van der Waals surface area contributed by atoms with E-state index >= 15 is 0 Å². The maximum Gasteiger partial charge on any atom is 0.291 e. The Labute approximate surface area is 191 Å². The number of morpholine rings is 1. The molecule has 0 aliphatic carbocycles. The van der Waals surface area contributed by atoms with Gasteiger partial charge >= 0.3 is 0 Å². The molecule has 8 nitrogen and oxygen atoms in total. The van der Waals surface area contributed by atoms with E-state index in [1.165, 1.54) is 12.1 Å². The molecule has 10 heteroatoms. The highest BCUT2D eigenvalue weighted by molar-refractivity contribution is 7.89. The molecule has 0 bridgehead atoms. The number of ether oxygens (including phenoxy) is 1. The maximum atomic E-state index is 12.5. The molecule has 32 heavy (non-hydrogen) atoms. The summed E-state index contributed by atoms with van der Waals surface area (Å²) in [7, 11) is -3.62. The molecule has 1 fully saturated rings. The molecule has 1 amide bonds. The Morgan fingerprint density at radius 2 is 1.81 bits per heavy atom. The lowest BCUT2D eigenvalue weighted by atomic mass is 10.2. The lowest BCUT2D eigenvalue weighted by Gasteiger charge is -2.26. The number of anilines is 1. The molecule has 170 valence electrons. The van der Waals surface area contributed by atoms with Gasteiger partial charge < -0.3 is 14.5 Å². The van der Waals surface area contributed by atoms with E-state index in [0.717, 1.165) is 44.7 Å². The summed E-state index contributed by atoms with van der Waals surface area (Å²) >= 11 is 5.96. The normalized spacial score (nSPS) is 15.2. The number of furan rings is 1. The van der Waals surface area contributed by atoms with E-state index in [4.69, 9.17) is 20.8 Å². The van der Waals surface area contributed by atoms with Crippen LogP contribution < -0.4 is 10.0 Å². The monoisotopic (exact) mass is 477 g/mol. The summed E-state index contributed by atoms with van der Waals surface area (Å²) in [4.78, 5) is 14.9.